The van der Waals surface area contributed by atoms with Crippen LogP contribution in [-0.4, -0.2) is 10.9 Å². The number of allylic oxidation sites excluding steroid dienone is 2. The molecule has 0 unspecified atom stereocenters. The van der Waals surface area contributed by atoms with E-state index in [0.717, 1.165) is 47.9 Å². The van der Waals surface area contributed by atoms with Gasteiger partial charge in [-0.25, -0.2) is 0 Å². The van der Waals surface area contributed by atoms with Crippen LogP contribution in [0, 0.1) is 11.8 Å². The summed E-state index contributed by atoms with van der Waals surface area (Å²) in [5.74, 6) is 0.647. The smallest absolute Gasteiger partial charge is 0.169 e. The third kappa shape index (κ3) is 2.79. The standard InChI is InChI=1S/C22H21ClO2/c1-2-13-6-7-15(14-4-3-5-18(23)11-14)12-19(13)20-21(24)16-8-9-17(10-16)22(20)25/h3-7,11-12,16-17,24H,2,8-10H2,1H3/t16-,17+/m0/s1. The minimum Gasteiger partial charge on any atom is -0.511 e. The largest absolute Gasteiger partial charge is 0.511 e. The van der Waals surface area contributed by atoms with E-state index in [9.17, 15) is 9.90 Å². The lowest BCUT2D eigenvalue weighted by atomic mass is 9.81. The topological polar surface area (TPSA) is 37.3 Å². The van der Waals surface area contributed by atoms with E-state index < -0.39 is 0 Å². The Kier molecular flexibility index (Phi) is 4.16. The SMILES string of the molecule is CCc1ccc(-c2cccc(Cl)c2)cc1C1=C(O)[C@H]2CC[C@H](C2)C1=O. The number of aryl methyl sites for hydroxylation is 1. The molecule has 128 valence electrons. The fraction of sp³-hybridized carbons (Fsp3) is 0.318. The Labute approximate surface area is 153 Å². The van der Waals surface area contributed by atoms with Gasteiger partial charge in [-0.15, -0.1) is 0 Å². The molecule has 25 heavy (non-hydrogen) atoms. The lowest BCUT2D eigenvalue weighted by Gasteiger charge is -2.23. The molecule has 2 bridgehead atoms. The van der Waals surface area contributed by atoms with Gasteiger partial charge in [0.15, 0.2) is 5.78 Å². The summed E-state index contributed by atoms with van der Waals surface area (Å²) in [6, 6.07) is 13.9. The number of hydrogen-bond donors (Lipinski definition) is 1. The number of Topliss-reactive ketones (excluding diaryl/α,β-unsaturated/α-hetero) is 1. The first-order valence-electron chi connectivity index (χ1n) is 8.95. The summed E-state index contributed by atoms with van der Waals surface area (Å²) in [6.45, 7) is 2.08. The molecule has 0 aromatic heterocycles. The molecule has 4 rings (SSSR count). The van der Waals surface area contributed by atoms with Crippen LogP contribution in [0.5, 0.6) is 0 Å². The molecule has 3 heteroatoms. The van der Waals surface area contributed by atoms with Crippen molar-refractivity contribution in [1.29, 1.82) is 0 Å². The maximum Gasteiger partial charge on any atom is 0.169 e. The third-order valence-corrected chi connectivity index (χ3v) is 5.85. The Balaban J connectivity index is 1.88. The fourth-order valence-corrected chi connectivity index (χ4v) is 4.43. The second-order valence-corrected chi connectivity index (χ2v) is 7.50. The molecule has 0 amide bonds. The Hall–Kier alpha value is -2.06. The molecule has 0 aliphatic heterocycles. The van der Waals surface area contributed by atoms with Crippen molar-refractivity contribution in [2.75, 3.05) is 0 Å². The summed E-state index contributed by atoms with van der Waals surface area (Å²) >= 11 is 6.13. The quantitative estimate of drug-likeness (QED) is 0.753. The van der Waals surface area contributed by atoms with Crippen molar-refractivity contribution in [2.24, 2.45) is 11.8 Å². The van der Waals surface area contributed by atoms with Gasteiger partial charge in [-0.2, -0.15) is 0 Å². The summed E-state index contributed by atoms with van der Waals surface area (Å²) < 4.78 is 0. The van der Waals surface area contributed by atoms with Crippen LogP contribution >= 0.6 is 11.6 Å². The minimum atomic E-state index is 0.0791. The molecule has 2 aromatic carbocycles. The first-order valence-corrected chi connectivity index (χ1v) is 9.33. The number of ketones is 1. The van der Waals surface area contributed by atoms with Crippen molar-refractivity contribution in [2.45, 2.75) is 32.6 Å². The molecule has 1 fully saturated rings. The number of aliphatic hydroxyl groups is 1. The van der Waals surface area contributed by atoms with Gasteiger partial charge >= 0.3 is 0 Å². The van der Waals surface area contributed by atoms with Gasteiger partial charge in [0.05, 0.1) is 5.57 Å². The molecule has 2 atom stereocenters. The van der Waals surface area contributed by atoms with Crippen LogP contribution in [0.4, 0.5) is 0 Å². The van der Waals surface area contributed by atoms with Crippen LogP contribution in [0.3, 0.4) is 0 Å². The predicted molar refractivity (Wildman–Crippen MR) is 102 cm³/mol. The normalized spacial score (nSPS) is 22.6. The number of fused-ring (bicyclic) bond motifs is 2. The van der Waals surface area contributed by atoms with Gasteiger partial charge in [-0.3, -0.25) is 4.79 Å². The number of benzene rings is 2. The maximum absolute atomic E-state index is 12.9. The molecule has 0 radical (unpaired) electrons. The number of carbonyl (C=O) groups is 1. The minimum absolute atomic E-state index is 0.0791. The van der Waals surface area contributed by atoms with Gasteiger partial charge in [0, 0.05) is 16.9 Å². The molecule has 2 aromatic rings. The average Bonchev–Trinajstić information content (AvgIpc) is 3.07. The number of carbonyl (C=O) groups excluding carboxylic acids is 1. The number of aliphatic hydroxyl groups excluding tert-OH is 1. The van der Waals surface area contributed by atoms with E-state index in [-0.39, 0.29) is 17.6 Å². The van der Waals surface area contributed by atoms with Crippen LogP contribution < -0.4 is 0 Å². The van der Waals surface area contributed by atoms with E-state index in [1.165, 1.54) is 0 Å². The first-order chi connectivity index (χ1) is 12.1. The van der Waals surface area contributed by atoms with E-state index >= 15 is 0 Å². The second-order valence-electron chi connectivity index (χ2n) is 7.07. The van der Waals surface area contributed by atoms with Gasteiger partial charge in [0.1, 0.15) is 5.76 Å². The van der Waals surface area contributed by atoms with Gasteiger partial charge in [-0.1, -0.05) is 42.8 Å². The van der Waals surface area contributed by atoms with Crippen LogP contribution in [0.25, 0.3) is 16.7 Å². The second kappa shape index (κ2) is 6.34. The molecule has 0 saturated heterocycles. The lowest BCUT2D eigenvalue weighted by molar-refractivity contribution is -0.117. The molecule has 1 saturated carbocycles. The summed E-state index contributed by atoms with van der Waals surface area (Å²) in [6.07, 6.45) is 3.45. The van der Waals surface area contributed by atoms with Gasteiger partial charge in [0.25, 0.3) is 0 Å². The van der Waals surface area contributed by atoms with Crippen molar-refractivity contribution in [3.8, 4) is 11.1 Å². The van der Waals surface area contributed by atoms with Crippen LogP contribution in [0.1, 0.15) is 37.3 Å². The highest BCUT2D eigenvalue weighted by Crippen LogP contribution is 2.46. The van der Waals surface area contributed by atoms with Crippen molar-refractivity contribution in [3.05, 3.63) is 64.4 Å². The molecular formula is C22H21ClO2. The number of rotatable bonds is 3. The van der Waals surface area contributed by atoms with Crippen LogP contribution in [0.2, 0.25) is 5.02 Å². The fourth-order valence-electron chi connectivity index (χ4n) is 4.24. The van der Waals surface area contributed by atoms with Gasteiger partial charge in [0.2, 0.25) is 0 Å². The summed E-state index contributed by atoms with van der Waals surface area (Å²) in [4.78, 5) is 12.9. The zero-order chi connectivity index (χ0) is 17.6. The van der Waals surface area contributed by atoms with E-state index in [1.807, 2.05) is 30.3 Å². The van der Waals surface area contributed by atoms with E-state index in [0.29, 0.717) is 16.4 Å². The average molecular weight is 353 g/mol. The Bertz CT molecular complexity index is 881. The highest BCUT2D eigenvalue weighted by atomic mass is 35.5. The zero-order valence-corrected chi connectivity index (χ0v) is 15.0. The molecule has 2 aliphatic carbocycles. The van der Waals surface area contributed by atoms with Gasteiger partial charge < -0.3 is 5.11 Å². The molecule has 0 spiro atoms. The van der Waals surface area contributed by atoms with E-state index in [2.05, 4.69) is 19.1 Å². The highest BCUT2D eigenvalue weighted by molar-refractivity contribution is 6.30. The summed E-state index contributed by atoms with van der Waals surface area (Å²) in [7, 11) is 0. The molecular weight excluding hydrogens is 332 g/mol. The summed E-state index contributed by atoms with van der Waals surface area (Å²) in [5, 5.41) is 11.4. The maximum atomic E-state index is 12.9. The van der Waals surface area contributed by atoms with Crippen molar-refractivity contribution in [1.82, 2.24) is 0 Å². The van der Waals surface area contributed by atoms with Crippen LogP contribution in [0.15, 0.2) is 48.2 Å². The Morgan fingerprint density at radius 1 is 1.08 bits per heavy atom. The van der Waals surface area contributed by atoms with E-state index in [1.54, 1.807) is 0 Å². The lowest BCUT2D eigenvalue weighted by Crippen LogP contribution is -2.22. The zero-order valence-electron chi connectivity index (χ0n) is 14.3. The summed E-state index contributed by atoms with van der Waals surface area (Å²) in [5.41, 5.74) is 4.57. The van der Waals surface area contributed by atoms with Crippen molar-refractivity contribution in [3.63, 3.8) is 0 Å². The molecule has 1 N–H and O–H groups in total. The Morgan fingerprint density at radius 2 is 1.84 bits per heavy atom. The predicted octanol–water partition coefficient (Wildman–Crippen LogP) is 5.84. The monoisotopic (exact) mass is 352 g/mol. The number of hydrogen-bond acceptors (Lipinski definition) is 2. The Morgan fingerprint density at radius 3 is 2.60 bits per heavy atom. The molecule has 0 heterocycles. The molecule has 2 aliphatic rings. The molecule has 2 nitrogen and oxygen atoms in total. The van der Waals surface area contributed by atoms with E-state index in [4.69, 9.17) is 11.6 Å². The van der Waals surface area contributed by atoms with Gasteiger partial charge in [-0.05, 0) is 66.1 Å². The van der Waals surface area contributed by atoms with Crippen molar-refractivity contribution < 1.29 is 9.90 Å². The number of halogens is 1. The highest BCUT2D eigenvalue weighted by Gasteiger charge is 2.41. The van der Waals surface area contributed by atoms with Crippen LogP contribution in [-0.2, 0) is 11.2 Å². The third-order valence-electron chi connectivity index (χ3n) is 5.61. The first kappa shape index (κ1) is 16.4. The van der Waals surface area contributed by atoms with Crippen molar-refractivity contribution >= 4 is 23.0 Å².